The molecule has 9 heteroatoms. The molecular formula is C26H26N2O5S2. The van der Waals surface area contributed by atoms with Crippen LogP contribution in [0.15, 0.2) is 47.4 Å². The zero-order chi connectivity index (χ0) is 24.7. The Bertz CT molecular complexity index is 1440. The molecule has 0 atom stereocenters. The van der Waals surface area contributed by atoms with Crippen LogP contribution in [0, 0.1) is 6.92 Å². The van der Waals surface area contributed by atoms with Gasteiger partial charge in [-0.05, 0) is 63.3 Å². The molecule has 0 radical (unpaired) electrons. The molecule has 1 aromatic heterocycles. The van der Waals surface area contributed by atoms with Crippen LogP contribution in [0.2, 0.25) is 0 Å². The van der Waals surface area contributed by atoms with Crippen LogP contribution in [0.4, 0.5) is 10.7 Å². The number of carbonyl (C=O) groups excluding carboxylic acids is 2. The molecule has 1 N–H and O–H groups in total. The number of aryl methyl sites for hydroxylation is 2. The summed E-state index contributed by atoms with van der Waals surface area (Å²) in [6.45, 7) is 3.52. The second-order valence-corrected chi connectivity index (χ2v) is 11.6. The Morgan fingerprint density at radius 3 is 2.66 bits per heavy atom. The maximum Gasteiger partial charge on any atom is 0.341 e. The fraction of sp³-hybridized carbons (Fsp3) is 0.308. The third kappa shape index (κ3) is 4.12. The minimum absolute atomic E-state index is 0.171. The van der Waals surface area contributed by atoms with Crippen molar-refractivity contribution >= 4 is 43.9 Å². The molecule has 182 valence electrons. The van der Waals surface area contributed by atoms with Gasteiger partial charge in [0, 0.05) is 16.0 Å². The molecule has 0 spiro atoms. The number of hydrogen-bond acceptors (Lipinski definition) is 6. The van der Waals surface area contributed by atoms with Gasteiger partial charge in [-0.2, -0.15) is 0 Å². The quantitative estimate of drug-likeness (QED) is 0.492. The summed E-state index contributed by atoms with van der Waals surface area (Å²) < 4.78 is 33.5. The van der Waals surface area contributed by atoms with E-state index in [1.165, 1.54) is 11.3 Å². The molecule has 1 amide bonds. The lowest BCUT2D eigenvalue weighted by Gasteiger charge is -2.31. The van der Waals surface area contributed by atoms with Crippen LogP contribution in [0.25, 0.3) is 11.1 Å². The monoisotopic (exact) mass is 510 g/mol. The van der Waals surface area contributed by atoms with E-state index in [-0.39, 0.29) is 11.5 Å². The lowest BCUT2D eigenvalue weighted by molar-refractivity contribution is -0.114. The fourth-order valence-corrected chi connectivity index (χ4v) is 7.73. The first-order valence-corrected chi connectivity index (χ1v) is 13.9. The normalized spacial score (nSPS) is 15.5. The molecule has 0 saturated heterocycles. The van der Waals surface area contributed by atoms with E-state index in [4.69, 9.17) is 4.74 Å². The molecule has 1 aliphatic carbocycles. The largest absolute Gasteiger partial charge is 0.462 e. The van der Waals surface area contributed by atoms with Crippen LogP contribution in [0.3, 0.4) is 0 Å². The van der Waals surface area contributed by atoms with Crippen molar-refractivity contribution in [1.82, 2.24) is 0 Å². The van der Waals surface area contributed by atoms with Gasteiger partial charge in [-0.3, -0.25) is 9.10 Å². The van der Waals surface area contributed by atoms with Crippen molar-refractivity contribution in [3.8, 4) is 11.1 Å². The number of ether oxygens (including phenoxy) is 1. The number of benzene rings is 2. The van der Waals surface area contributed by atoms with Crippen molar-refractivity contribution in [3.63, 3.8) is 0 Å². The second-order valence-electron chi connectivity index (χ2n) is 8.71. The Labute approximate surface area is 208 Å². The SMILES string of the molecule is CCOC(=O)c1c(NC(=O)CN2c3ccc(C)cc3-c3ccccc3S2(=O)=O)sc2c1CCCC2. The van der Waals surface area contributed by atoms with Crippen molar-refractivity contribution in [2.24, 2.45) is 0 Å². The van der Waals surface area contributed by atoms with Gasteiger partial charge in [0.1, 0.15) is 11.5 Å². The van der Waals surface area contributed by atoms with Crippen LogP contribution in [-0.2, 0) is 32.4 Å². The number of thiophene rings is 1. The highest BCUT2D eigenvalue weighted by atomic mass is 32.2. The maximum absolute atomic E-state index is 13.5. The molecule has 35 heavy (non-hydrogen) atoms. The molecule has 2 aliphatic rings. The van der Waals surface area contributed by atoms with Crippen molar-refractivity contribution in [2.45, 2.75) is 44.4 Å². The predicted molar refractivity (Wildman–Crippen MR) is 137 cm³/mol. The van der Waals surface area contributed by atoms with E-state index < -0.39 is 28.4 Å². The Hall–Kier alpha value is -3.17. The van der Waals surface area contributed by atoms with Crippen molar-refractivity contribution in [1.29, 1.82) is 0 Å². The number of carbonyl (C=O) groups is 2. The summed E-state index contributed by atoms with van der Waals surface area (Å²) in [6, 6.07) is 12.3. The Balaban J connectivity index is 1.50. The van der Waals surface area contributed by atoms with Gasteiger partial charge < -0.3 is 10.1 Å². The minimum atomic E-state index is -3.95. The molecule has 0 bridgehead atoms. The Morgan fingerprint density at radius 1 is 1.09 bits per heavy atom. The van der Waals surface area contributed by atoms with Crippen molar-refractivity contribution in [3.05, 3.63) is 64.0 Å². The highest BCUT2D eigenvalue weighted by Gasteiger charge is 2.36. The number of amides is 1. The van der Waals surface area contributed by atoms with Gasteiger partial charge in [0.05, 0.1) is 22.8 Å². The average Bonchev–Trinajstić information content (AvgIpc) is 3.20. The van der Waals surface area contributed by atoms with Gasteiger partial charge >= 0.3 is 5.97 Å². The zero-order valence-corrected chi connectivity index (χ0v) is 21.2. The summed E-state index contributed by atoms with van der Waals surface area (Å²) in [6.07, 6.45) is 3.63. The van der Waals surface area contributed by atoms with Crippen LogP contribution >= 0.6 is 11.3 Å². The first-order chi connectivity index (χ1) is 16.8. The van der Waals surface area contributed by atoms with E-state index in [1.807, 2.05) is 19.1 Å². The number of hydrogen-bond donors (Lipinski definition) is 1. The lowest BCUT2D eigenvalue weighted by Crippen LogP contribution is -2.40. The first kappa shape index (κ1) is 23.6. The maximum atomic E-state index is 13.5. The van der Waals surface area contributed by atoms with Crippen LogP contribution < -0.4 is 9.62 Å². The fourth-order valence-electron chi connectivity index (χ4n) is 4.79. The predicted octanol–water partition coefficient (Wildman–Crippen LogP) is 4.93. The molecule has 5 rings (SSSR count). The van der Waals surface area contributed by atoms with E-state index in [2.05, 4.69) is 5.32 Å². The summed E-state index contributed by atoms with van der Waals surface area (Å²) in [5.41, 5.74) is 4.18. The molecule has 3 aromatic rings. The molecule has 0 fully saturated rings. The standard InChI is InChI=1S/C26H26N2O5S2/c1-3-33-26(30)24-18-9-4-6-10-21(18)34-25(24)27-23(29)15-28-20-13-12-16(2)14-19(20)17-8-5-7-11-22(17)35(28,31)32/h5,7-8,11-14H,3-4,6,9-10,15H2,1-2H3,(H,27,29). The van der Waals surface area contributed by atoms with Gasteiger partial charge in [-0.25, -0.2) is 13.2 Å². The summed E-state index contributed by atoms with van der Waals surface area (Å²) in [5.74, 6) is -0.967. The van der Waals surface area contributed by atoms with Crippen LogP contribution in [0.5, 0.6) is 0 Å². The number of esters is 1. The number of nitrogens with zero attached hydrogens (tertiary/aromatic N) is 1. The van der Waals surface area contributed by atoms with Crippen LogP contribution in [-0.4, -0.2) is 33.4 Å². The first-order valence-electron chi connectivity index (χ1n) is 11.7. The van der Waals surface area contributed by atoms with Crippen LogP contribution in [0.1, 0.15) is 46.1 Å². The Kier molecular flexibility index (Phi) is 6.14. The number of anilines is 2. The third-order valence-electron chi connectivity index (χ3n) is 6.36. The van der Waals surface area contributed by atoms with E-state index in [0.717, 1.165) is 51.6 Å². The summed E-state index contributed by atoms with van der Waals surface area (Å²) in [4.78, 5) is 27.2. The number of fused-ring (bicyclic) bond motifs is 4. The molecule has 1 aliphatic heterocycles. The summed E-state index contributed by atoms with van der Waals surface area (Å²) in [5, 5.41) is 3.26. The third-order valence-corrected chi connectivity index (χ3v) is 9.38. The Morgan fingerprint density at radius 2 is 1.86 bits per heavy atom. The number of rotatable bonds is 5. The van der Waals surface area contributed by atoms with Gasteiger partial charge in [-0.1, -0.05) is 29.8 Å². The van der Waals surface area contributed by atoms with Gasteiger partial charge in [-0.15, -0.1) is 11.3 Å². The second kappa shape index (κ2) is 9.13. The minimum Gasteiger partial charge on any atom is -0.462 e. The van der Waals surface area contributed by atoms with Crippen molar-refractivity contribution in [2.75, 3.05) is 22.8 Å². The molecule has 7 nitrogen and oxygen atoms in total. The average molecular weight is 511 g/mol. The molecule has 2 heterocycles. The highest BCUT2D eigenvalue weighted by Crippen LogP contribution is 2.43. The zero-order valence-electron chi connectivity index (χ0n) is 19.6. The number of sulfonamides is 1. The smallest absolute Gasteiger partial charge is 0.341 e. The van der Waals surface area contributed by atoms with Crippen molar-refractivity contribution < 1.29 is 22.7 Å². The van der Waals surface area contributed by atoms with Gasteiger partial charge in [0.25, 0.3) is 10.0 Å². The van der Waals surface area contributed by atoms with E-state index >= 15 is 0 Å². The van der Waals surface area contributed by atoms with E-state index in [1.54, 1.807) is 37.3 Å². The number of nitrogens with one attached hydrogen (secondary N) is 1. The van der Waals surface area contributed by atoms with Gasteiger partial charge in [0.15, 0.2) is 0 Å². The molecule has 2 aromatic carbocycles. The molecule has 0 saturated carbocycles. The van der Waals surface area contributed by atoms with E-state index in [0.29, 0.717) is 21.8 Å². The topological polar surface area (TPSA) is 92.8 Å². The molecule has 0 unspecified atom stereocenters. The van der Waals surface area contributed by atoms with Gasteiger partial charge in [0.2, 0.25) is 5.91 Å². The lowest BCUT2D eigenvalue weighted by atomic mass is 9.95. The van der Waals surface area contributed by atoms with E-state index in [9.17, 15) is 18.0 Å². The highest BCUT2D eigenvalue weighted by molar-refractivity contribution is 7.93. The molecular weight excluding hydrogens is 484 g/mol. The summed E-state index contributed by atoms with van der Waals surface area (Å²) >= 11 is 1.38. The summed E-state index contributed by atoms with van der Waals surface area (Å²) in [7, 11) is -3.95.